The van der Waals surface area contributed by atoms with Crippen molar-refractivity contribution in [2.45, 2.75) is 47.0 Å². The second kappa shape index (κ2) is 8.88. The largest absolute Gasteiger partial charge is 0.491 e. The number of hydrogen-bond donors (Lipinski definition) is 0. The van der Waals surface area contributed by atoms with E-state index in [0.29, 0.717) is 24.1 Å². The monoisotopic (exact) mass is 348 g/mol. The fourth-order valence-corrected chi connectivity index (χ4v) is 2.84. The maximum atomic E-state index is 13.5. The molecular weight excluding hydrogens is 322 g/mol. The summed E-state index contributed by atoms with van der Waals surface area (Å²) in [6, 6.07) is 5.08. The predicted octanol–water partition coefficient (Wildman–Crippen LogP) is 5.70. The molecule has 0 aliphatic carbocycles. The van der Waals surface area contributed by atoms with Gasteiger partial charge in [-0.15, -0.1) is 0 Å². The Morgan fingerprint density at radius 3 is 2.52 bits per heavy atom. The van der Waals surface area contributed by atoms with Crippen molar-refractivity contribution in [1.82, 2.24) is 9.97 Å². The fourth-order valence-electron chi connectivity index (χ4n) is 2.84. The summed E-state index contributed by atoms with van der Waals surface area (Å²) < 4.78 is 32.6. The zero-order valence-electron chi connectivity index (χ0n) is 15.3. The summed E-state index contributed by atoms with van der Waals surface area (Å²) in [5, 5.41) is 0. The lowest BCUT2D eigenvalue weighted by atomic mass is 10.00. The number of aromatic nitrogens is 2. The van der Waals surface area contributed by atoms with E-state index in [-0.39, 0.29) is 11.3 Å². The van der Waals surface area contributed by atoms with Crippen LogP contribution in [-0.2, 0) is 6.42 Å². The SMILES string of the molecule is CCc1cc(-c2cc(C(F)F)c(OC[C@@H](C)CC(C)C)cn2)ccn1. The molecule has 5 heteroatoms. The lowest BCUT2D eigenvalue weighted by Gasteiger charge is -2.17. The number of pyridine rings is 2. The molecule has 2 rings (SSSR count). The second-order valence-electron chi connectivity index (χ2n) is 6.84. The van der Waals surface area contributed by atoms with E-state index in [1.165, 1.54) is 12.3 Å². The van der Waals surface area contributed by atoms with Crippen LogP contribution >= 0.6 is 0 Å². The first-order valence-corrected chi connectivity index (χ1v) is 8.76. The number of ether oxygens (including phenoxy) is 1. The van der Waals surface area contributed by atoms with Crippen LogP contribution in [0.3, 0.4) is 0 Å². The Hall–Kier alpha value is -2.04. The molecular formula is C20H26F2N2O. The number of rotatable bonds is 8. The smallest absolute Gasteiger partial charge is 0.267 e. The van der Waals surface area contributed by atoms with Crippen LogP contribution in [0, 0.1) is 11.8 Å². The molecule has 25 heavy (non-hydrogen) atoms. The molecule has 2 aromatic heterocycles. The van der Waals surface area contributed by atoms with Crippen molar-refractivity contribution < 1.29 is 13.5 Å². The standard InChI is InChI=1S/C20H26F2N2O/c1-5-16-9-15(6-7-23-16)18-10-17(20(21)22)19(11-24-18)25-12-14(4)8-13(2)3/h6-7,9-11,13-14,20H,5,8,12H2,1-4H3/t14-/m0/s1. The number of aryl methyl sites for hydroxylation is 1. The summed E-state index contributed by atoms with van der Waals surface area (Å²) in [6.07, 6.45) is 2.25. The Kier molecular flexibility index (Phi) is 6.85. The van der Waals surface area contributed by atoms with E-state index in [4.69, 9.17) is 4.74 Å². The minimum Gasteiger partial charge on any atom is -0.491 e. The Bertz CT molecular complexity index is 689. The van der Waals surface area contributed by atoms with Crippen LogP contribution in [0.15, 0.2) is 30.6 Å². The molecule has 0 saturated heterocycles. The zero-order chi connectivity index (χ0) is 18.4. The van der Waals surface area contributed by atoms with Crippen molar-refractivity contribution in [2.24, 2.45) is 11.8 Å². The van der Waals surface area contributed by atoms with Gasteiger partial charge in [0.15, 0.2) is 0 Å². The van der Waals surface area contributed by atoms with Crippen molar-refractivity contribution in [1.29, 1.82) is 0 Å². The minimum absolute atomic E-state index is 0.114. The van der Waals surface area contributed by atoms with Crippen LogP contribution in [0.25, 0.3) is 11.3 Å². The zero-order valence-corrected chi connectivity index (χ0v) is 15.3. The van der Waals surface area contributed by atoms with Gasteiger partial charge in [-0.3, -0.25) is 9.97 Å². The van der Waals surface area contributed by atoms with Crippen LogP contribution in [0.1, 0.15) is 51.8 Å². The molecule has 2 aromatic rings. The summed E-state index contributed by atoms with van der Waals surface area (Å²) in [4.78, 5) is 8.55. The van der Waals surface area contributed by atoms with E-state index >= 15 is 0 Å². The van der Waals surface area contributed by atoms with Crippen LogP contribution < -0.4 is 4.74 Å². The lowest BCUT2D eigenvalue weighted by Crippen LogP contribution is -2.12. The molecule has 0 N–H and O–H groups in total. The number of halogens is 2. The molecule has 0 radical (unpaired) electrons. The van der Waals surface area contributed by atoms with Gasteiger partial charge in [-0.2, -0.15) is 0 Å². The summed E-state index contributed by atoms with van der Waals surface area (Å²) in [5.74, 6) is 1.02. The summed E-state index contributed by atoms with van der Waals surface area (Å²) in [7, 11) is 0. The maximum absolute atomic E-state index is 13.5. The maximum Gasteiger partial charge on any atom is 0.267 e. The third-order valence-electron chi connectivity index (χ3n) is 4.00. The average molecular weight is 348 g/mol. The van der Waals surface area contributed by atoms with Crippen LogP contribution in [0.2, 0.25) is 0 Å². The molecule has 0 bridgehead atoms. The highest BCUT2D eigenvalue weighted by molar-refractivity contribution is 5.61. The molecule has 0 fully saturated rings. The Labute approximate surface area is 148 Å². The van der Waals surface area contributed by atoms with Gasteiger partial charge >= 0.3 is 0 Å². The summed E-state index contributed by atoms with van der Waals surface area (Å²) in [5.41, 5.74) is 2.08. The van der Waals surface area contributed by atoms with Gasteiger partial charge in [0.05, 0.1) is 24.1 Å². The van der Waals surface area contributed by atoms with Gasteiger partial charge in [0.25, 0.3) is 6.43 Å². The van der Waals surface area contributed by atoms with Gasteiger partial charge in [0.1, 0.15) is 5.75 Å². The molecule has 0 aliphatic heterocycles. The van der Waals surface area contributed by atoms with Gasteiger partial charge in [-0.1, -0.05) is 27.7 Å². The molecule has 1 atom stereocenters. The normalized spacial score (nSPS) is 12.6. The van der Waals surface area contributed by atoms with E-state index in [1.54, 1.807) is 12.3 Å². The van der Waals surface area contributed by atoms with E-state index in [1.807, 2.05) is 13.0 Å². The van der Waals surface area contributed by atoms with E-state index < -0.39 is 6.43 Å². The minimum atomic E-state index is -2.61. The van der Waals surface area contributed by atoms with Gasteiger partial charge in [0.2, 0.25) is 0 Å². The first-order valence-electron chi connectivity index (χ1n) is 8.76. The van der Waals surface area contributed by atoms with Crippen molar-refractivity contribution >= 4 is 0 Å². The molecule has 0 aliphatic rings. The number of alkyl halides is 2. The van der Waals surface area contributed by atoms with Crippen LogP contribution in [0.4, 0.5) is 8.78 Å². The lowest BCUT2D eigenvalue weighted by molar-refractivity contribution is 0.142. The van der Waals surface area contributed by atoms with Crippen molar-refractivity contribution in [3.05, 3.63) is 41.9 Å². The third kappa shape index (κ3) is 5.48. The van der Waals surface area contributed by atoms with Crippen LogP contribution in [-0.4, -0.2) is 16.6 Å². The quantitative estimate of drug-likeness (QED) is 0.613. The fraction of sp³-hybridized carbons (Fsp3) is 0.500. The van der Waals surface area contributed by atoms with Crippen LogP contribution in [0.5, 0.6) is 5.75 Å². The summed E-state index contributed by atoms with van der Waals surface area (Å²) >= 11 is 0. The van der Waals surface area contributed by atoms with Crippen molar-refractivity contribution in [3.63, 3.8) is 0 Å². The highest BCUT2D eigenvalue weighted by Gasteiger charge is 2.18. The highest BCUT2D eigenvalue weighted by atomic mass is 19.3. The van der Waals surface area contributed by atoms with Gasteiger partial charge in [0, 0.05) is 17.5 Å². The molecule has 136 valence electrons. The second-order valence-corrected chi connectivity index (χ2v) is 6.84. The Morgan fingerprint density at radius 2 is 1.88 bits per heavy atom. The molecule has 0 aromatic carbocycles. The van der Waals surface area contributed by atoms with E-state index in [0.717, 1.165) is 24.1 Å². The van der Waals surface area contributed by atoms with Crippen molar-refractivity contribution in [2.75, 3.05) is 6.61 Å². The van der Waals surface area contributed by atoms with E-state index in [9.17, 15) is 8.78 Å². The van der Waals surface area contributed by atoms with Gasteiger partial charge in [-0.05, 0) is 42.9 Å². The Morgan fingerprint density at radius 1 is 1.12 bits per heavy atom. The molecule has 0 spiro atoms. The first kappa shape index (κ1) is 19.3. The van der Waals surface area contributed by atoms with E-state index in [2.05, 4.69) is 30.7 Å². The molecule has 3 nitrogen and oxygen atoms in total. The van der Waals surface area contributed by atoms with Gasteiger partial charge in [-0.25, -0.2) is 8.78 Å². The summed E-state index contributed by atoms with van der Waals surface area (Å²) in [6.45, 7) is 8.74. The van der Waals surface area contributed by atoms with Gasteiger partial charge < -0.3 is 4.74 Å². The number of hydrogen-bond acceptors (Lipinski definition) is 3. The Balaban J connectivity index is 2.22. The first-order chi connectivity index (χ1) is 11.9. The molecule has 0 amide bonds. The predicted molar refractivity (Wildman–Crippen MR) is 95.9 cm³/mol. The van der Waals surface area contributed by atoms with Crippen molar-refractivity contribution in [3.8, 4) is 17.0 Å². The highest BCUT2D eigenvalue weighted by Crippen LogP contribution is 2.32. The topological polar surface area (TPSA) is 35.0 Å². The molecule has 0 unspecified atom stereocenters. The average Bonchev–Trinajstić information content (AvgIpc) is 2.59. The molecule has 0 saturated carbocycles. The number of nitrogens with zero attached hydrogens (tertiary/aromatic N) is 2. The third-order valence-corrected chi connectivity index (χ3v) is 4.00. The molecule has 2 heterocycles.